The van der Waals surface area contributed by atoms with Crippen LogP contribution in [-0.2, 0) is 0 Å². The highest BCUT2D eigenvalue weighted by atomic mass is 32.1. The fourth-order valence-electron chi connectivity index (χ4n) is 10.8. The molecule has 0 saturated heterocycles. The molecular weight excluding hydrogens is 778 g/mol. The van der Waals surface area contributed by atoms with E-state index in [1.54, 1.807) is 0 Å². The number of fused-ring (bicyclic) bond motifs is 10. The normalized spacial score (nSPS) is 14.5. The molecule has 4 heterocycles. The van der Waals surface area contributed by atoms with Crippen molar-refractivity contribution in [2.24, 2.45) is 0 Å². The Bertz CT molecular complexity index is 3750. The van der Waals surface area contributed by atoms with Crippen molar-refractivity contribution in [1.29, 1.82) is 0 Å². The highest BCUT2D eigenvalue weighted by Gasteiger charge is 2.32. The van der Waals surface area contributed by atoms with Gasteiger partial charge in [0.15, 0.2) is 5.82 Å². The van der Waals surface area contributed by atoms with E-state index in [0.29, 0.717) is 0 Å². The van der Waals surface area contributed by atoms with Crippen molar-refractivity contribution in [3.05, 3.63) is 155 Å². The van der Waals surface area contributed by atoms with Crippen LogP contribution in [0.3, 0.4) is 0 Å². The molecule has 4 aromatic heterocycles. The number of thiophene rings is 1. The van der Waals surface area contributed by atoms with Gasteiger partial charge in [0.25, 0.3) is 0 Å². The van der Waals surface area contributed by atoms with Crippen LogP contribution in [0.4, 0.5) is 0 Å². The molecule has 1 unspecified atom stereocenters. The van der Waals surface area contributed by atoms with E-state index >= 15 is 0 Å². The molecule has 0 aliphatic heterocycles. The molecule has 290 valence electrons. The van der Waals surface area contributed by atoms with E-state index in [2.05, 4.69) is 201 Å². The highest BCUT2D eigenvalue weighted by molar-refractivity contribution is 7.19. The van der Waals surface area contributed by atoms with Gasteiger partial charge in [0, 0.05) is 70.3 Å². The Kier molecular flexibility index (Phi) is 8.62. The minimum Gasteiger partial charge on any atom is -0.330 e. The molecule has 1 atom stereocenters. The lowest BCUT2D eigenvalue weighted by Crippen LogP contribution is -2.27. The SMILES string of the molecule is Bc1cc(B)c2c(c1)c1c(B)c(B)c3c4cc(B)cc(B)c4n(C4CC=Cc5c4sc4cccc(-c6nc(-c7ccccc7)cc(-c7ccccc7)n6)c54)c3c1n2C1=CC=C=C=C1. The summed E-state index contributed by atoms with van der Waals surface area (Å²) in [6.07, 6.45) is 11.9. The third-order valence-electron chi connectivity index (χ3n) is 13.4. The fourth-order valence-corrected chi connectivity index (χ4v) is 12.1. The molecule has 0 saturated carbocycles. The van der Waals surface area contributed by atoms with Gasteiger partial charge in [-0.2, -0.15) is 0 Å². The predicted molar refractivity (Wildman–Crippen MR) is 287 cm³/mol. The molecule has 2 aliphatic rings. The summed E-state index contributed by atoms with van der Waals surface area (Å²) < 4.78 is 6.51. The average molecular weight is 816 g/mol. The Morgan fingerprint density at radius 1 is 0.619 bits per heavy atom. The lowest BCUT2D eigenvalue weighted by Gasteiger charge is -2.25. The van der Waals surface area contributed by atoms with E-state index in [4.69, 9.17) is 9.97 Å². The molecule has 4 nitrogen and oxygen atoms in total. The van der Waals surface area contributed by atoms with Gasteiger partial charge in [-0.3, -0.25) is 0 Å². The zero-order valence-corrected chi connectivity index (χ0v) is 37.1. The first-order valence-corrected chi connectivity index (χ1v) is 22.7. The zero-order chi connectivity index (χ0) is 42.7. The van der Waals surface area contributed by atoms with Crippen molar-refractivity contribution in [3.63, 3.8) is 0 Å². The van der Waals surface area contributed by atoms with Crippen LogP contribution in [0.5, 0.6) is 0 Å². The van der Waals surface area contributed by atoms with Crippen LogP contribution in [0, 0.1) is 0 Å². The van der Waals surface area contributed by atoms with Crippen LogP contribution in [0.1, 0.15) is 22.9 Å². The van der Waals surface area contributed by atoms with E-state index in [1.807, 2.05) is 17.4 Å². The maximum Gasteiger partial charge on any atom is 0.161 e. The van der Waals surface area contributed by atoms with Crippen molar-refractivity contribution < 1.29 is 0 Å². The van der Waals surface area contributed by atoms with Gasteiger partial charge in [0.05, 0.1) is 34.2 Å². The molecule has 6 aromatic carbocycles. The van der Waals surface area contributed by atoms with Crippen LogP contribution in [-0.4, -0.2) is 66.2 Å². The number of allylic oxidation sites excluding steroid dienone is 5. The molecule has 10 aromatic rings. The van der Waals surface area contributed by atoms with E-state index in [1.165, 1.54) is 96.9 Å². The molecule has 63 heavy (non-hydrogen) atoms. The Hall–Kier alpha value is -6.87. The highest BCUT2D eigenvalue weighted by Crippen LogP contribution is 2.48. The van der Waals surface area contributed by atoms with E-state index in [9.17, 15) is 0 Å². The van der Waals surface area contributed by atoms with E-state index in [-0.39, 0.29) is 6.04 Å². The first kappa shape index (κ1) is 37.9. The number of benzene rings is 6. The van der Waals surface area contributed by atoms with Crippen molar-refractivity contribution in [3.8, 4) is 33.9 Å². The third kappa shape index (κ3) is 5.71. The minimum atomic E-state index is 0.0448. The number of aromatic nitrogens is 4. The largest absolute Gasteiger partial charge is 0.330 e. The summed E-state index contributed by atoms with van der Waals surface area (Å²) in [7, 11) is 13.7. The van der Waals surface area contributed by atoms with Crippen LogP contribution >= 0.6 is 11.3 Å². The van der Waals surface area contributed by atoms with Gasteiger partial charge in [-0.25, -0.2) is 9.97 Å². The van der Waals surface area contributed by atoms with Crippen LogP contribution in [0.2, 0.25) is 0 Å². The lowest BCUT2D eigenvalue weighted by atomic mass is 9.74. The Labute approximate surface area is 375 Å². The van der Waals surface area contributed by atoms with Gasteiger partial charge < -0.3 is 9.13 Å². The Balaban J connectivity index is 1.18. The first-order chi connectivity index (χ1) is 30.7. The zero-order valence-electron chi connectivity index (χ0n) is 36.3. The maximum absolute atomic E-state index is 5.33. The smallest absolute Gasteiger partial charge is 0.161 e. The summed E-state index contributed by atoms with van der Waals surface area (Å²) in [5.74, 6) is 0.736. The lowest BCUT2D eigenvalue weighted by molar-refractivity contribution is 0.639. The van der Waals surface area contributed by atoms with Gasteiger partial charge in [0.1, 0.15) is 47.1 Å². The van der Waals surface area contributed by atoms with Gasteiger partial charge in [0.2, 0.25) is 0 Å². The second-order valence-electron chi connectivity index (χ2n) is 17.5. The molecule has 11 heteroatoms. The second kappa shape index (κ2) is 14.3. The summed E-state index contributed by atoms with van der Waals surface area (Å²) in [5, 5.41) is 6.49. The maximum atomic E-state index is 5.33. The van der Waals surface area contributed by atoms with Crippen molar-refractivity contribution in [2.45, 2.75) is 12.5 Å². The van der Waals surface area contributed by atoms with Gasteiger partial charge in [-0.15, -0.1) is 11.3 Å². The van der Waals surface area contributed by atoms with Gasteiger partial charge in [-0.05, 0) is 36.3 Å². The van der Waals surface area contributed by atoms with Crippen LogP contribution in [0.15, 0.2) is 145 Å². The second-order valence-corrected chi connectivity index (χ2v) is 18.5. The molecule has 0 fully saturated rings. The quantitative estimate of drug-likeness (QED) is 0.198. The van der Waals surface area contributed by atoms with E-state index < -0.39 is 0 Å². The summed E-state index contributed by atoms with van der Waals surface area (Å²) in [6, 6.07) is 39.3. The number of hydrogen-bond acceptors (Lipinski definition) is 3. The number of hydrogen-bond donors (Lipinski definition) is 0. The van der Waals surface area contributed by atoms with Crippen LogP contribution in [0.25, 0.3) is 99.4 Å². The summed E-state index contributed by atoms with van der Waals surface area (Å²) >= 11 is 1.92. The van der Waals surface area contributed by atoms with Crippen molar-refractivity contribution in [2.75, 3.05) is 0 Å². The molecule has 0 amide bonds. The molecule has 0 N–H and O–H groups in total. The van der Waals surface area contributed by atoms with E-state index in [0.717, 1.165) is 46.0 Å². The number of rotatable bonds is 5. The van der Waals surface area contributed by atoms with Gasteiger partial charge in [-0.1, -0.05) is 153 Å². The van der Waals surface area contributed by atoms with Crippen LogP contribution < -0.4 is 32.8 Å². The predicted octanol–water partition coefficient (Wildman–Crippen LogP) is 3.19. The third-order valence-corrected chi connectivity index (χ3v) is 14.7. The van der Waals surface area contributed by atoms with Gasteiger partial charge >= 0.3 is 0 Å². The monoisotopic (exact) mass is 816 g/mol. The van der Waals surface area contributed by atoms with Crippen molar-refractivity contribution >= 4 is 157 Å². The molecule has 12 rings (SSSR count). The molecular formula is C52H38B6N4S. The van der Waals surface area contributed by atoms with Crippen molar-refractivity contribution in [1.82, 2.24) is 19.1 Å². The standard InChI is InChI=1S/C52H38B6N4S/c53-29-22-34-43-45(57)46(58)44-35-23-30(54)25-37(56)48(35)62(50(44)49(43)61(47(34)36(55)24-29)31-16-8-3-9-17-31)40-20-10-18-32-42-33(19-11-21-41(42)63-51(32)40)52-59-38(27-12-4-1-5-13-27)26-39(60-52)28-14-6-2-7-15-28/h1-2,4-8,10-19,21-26,40H,20,53-58H2. The Morgan fingerprint density at radius 3 is 1.90 bits per heavy atom. The summed E-state index contributed by atoms with van der Waals surface area (Å²) in [6.45, 7) is 0. The Morgan fingerprint density at radius 2 is 1.25 bits per heavy atom. The fraction of sp³-hybridized carbons (Fsp3) is 0.0385. The summed E-state index contributed by atoms with van der Waals surface area (Å²) in [5.41, 5.74) is 26.7. The first-order valence-electron chi connectivity index (χ1n) is 21.8. The average Bonchev–Trinajstić information content (AvgIpc) is 3.97. The topological polar surface area (TPSA) is 35.6 Å². The molecule has 0 radical (unpaired) electrons. The molecule has 2 aliphatic carbocycles. The molecule has 0 bridgehead atoms. The number of nitrogens with zero attached hydrogens (tertiary/aromatic N) is 4. The molecule has 0 spiro atoms. The minimum absolute atomic E-state index is 0.0448. The summed E-state index contributed by atoms with van der Waals surface area (Å²) in [4.78, 5) is 12.0.